The summed E-state index contributed by atoms with van der Waals surface area (Å²) in [5.41, 5.74) is 1.53. The minimum absolute atomic E-state index is 0.114. The van der Waals surface area contributed by atoms with E-state index < -0.39 is 27.9 Å². The molecular weight excluding hydrogens is 516 g/mol. The molecule has 0 saturated carbocycles. The van der Waals surface area contributed by atoms with Crippen LogP contribution in [0.1, 0.15) is 21.4 Å². The quantitative estimate of drug-likeness (QED) is 0.370. The summed E-state index contributed by atoms with van der Waals surface area (Å²) in [7, 11) is -2.38. The number of thiophene rings is 1. The van der Waals surface area contributed by atoms with Crippen molar-refractivity contribution in [2.24, 2.45) is 5.14 Å². The number of primary sulfonamides is 1. The van der Waals surface area contributed by atoms with Crippen LogP contribution in [0.4, 0.5) is 15.8 Å². The maximum atomic E-state index is 14.1. The number of nitrogens with two attached hydrogens (primary N) is 1. The molecule has 174 valence electrons. The number of hydrogen-bond acceptors (Lipinski definition) is 8. The van der Waals surface area contributed by atoms with Gasteiger partial charge in [0.2, 0.25) is 10.0 Å². The molecule has 3 heterocycles. The smallest absolute Gasteiger partial charge is 0.262 e. The van der Waals surface area contributed by atoms with Gasteiger partial charge in [0.05, 0.1) is 27.5 Å². The lowest BCUT2D eigenvalue weighted by Crippen LogP contribution is -2.48. The molecule has 1 unspecified atom stereocenters. The van der Waals surface area contributed by atoms with Gasteiger partial charge in [0.1, 0.15) is 21.2 Å². The third kappa shape index (κ3) is 3.91. The first-order valence-electron chi connectivity index (χ1n) is 9.87. The topological polar surface area (TPSA) is 96.6 Å². The zero-order valence-electron chi connectivity index (χ0n) is 17.5. The number of sulfonamides is 1. The minimum Gasteiger partial charge on any atom is -0.349 e. The number of thiol groups is 1. The van der Waals surface area contributed by atoms with E-state index in [1.807, 2.05) is 22.4 Å². The Kier molecular flexibility index (Phi) is 5.73. The first kappa shape index (κ1) is 23.0. The molecule has 0 saturated heterocycles. The van der Waals surface area contributed by atoms with Crippen LogP contribution in [0, 0.1) is 5.82 Å². The Morgan fingerprint density at radius 3 is 2.59 bits per heavy atom. The zero-order chi connectivity index (χ0) is 24.2. The number of anilines is 2. The molecule has 4 aromatic rings. The van der Waals surface area contributed by atoms with Crippen LogP contribution in [0.25, 0.3) is 10.6 Å². The number of thiazole rings is 1. The van der Waals surface area contributed by atoms with Crippen molar-refractivity contribution < 1.29 is 17.6 Å². The van der Waals surface area contributed by atoms with Gasteiger partial charge in [-0.2, -0.15) is 0 Å². The van der Waals surface area contributed by atoms with E-state index in [0.29, 0.717) is 10.0 Å². The van der Waals surface area contributed by atoms with Crippen LogP contribution in [0.3, 0.4) is 0 Å². The third-order valence-corrected chi connectivity index (χ3v) is 8.62. The average Bonchev–Trinajstić information content (AvgIpc) is 3.44. The van der Waals surface area contributed by atoms with E-state index in [4.69, 9.17) is 5.14 Å². The summed E-state index contributed by atoms with van der Waals surface area (Å²) < 4.78 is 39.5. The Balaban J connectivity index is 1.72. The summed E-state index contributed by atoms with van der Waals surface area (Å²) >= 11 is 7.11. The number of fused-ring (bicyclic) bond motifs is 1. The van der Waals surface area contributed by atoms with E-state index in [1.54, 1.807) is 19.2 Å². The number of halogens is 1. The fourth-order valence-electron chi connectivity index (χ4n) is 4.00. The number of aromatic nitrogens is 1. The average molecular weight is 533 g/mol. The molecule has 1 amide bonds. The van der Waals surface area contributed by atoms with Gasteiger partial charge in [-0.05, 0) is 42.5 Å². The minimum atomic E-state index is -4.15. The standard InChI is InChI=1S/C22H17FN4O3S4/c1-26-15-7-6-12(23)10-13(15)21(28)27(16-4-2-3-5-19(16)34(24,29)30)20(26)18-9-8-17(33-18)14-11-32-22(31)25-14/h2-11,20H,1H3,(H,25,31)(H2,24,29,30). The highest BCUT2D eigenvalue weighted by molar-refractivity contribution is 7.89. The number of rotatable bonds is 4. The highest BCUT2D eigenvalue weighted by Crippen LogP contribution is 2.45. The normalized spacial score (nSPS) is 16.1. The highest BCUT2D eigenvalue weighted by Gasteiger charge is 2.40. The van der Waals surface area contributed by atoms with Crippen LogP contribution < -0.4 is 14.9 Å². The molecule has 34 heavy (non-hydrogen) atoms. The molecule has 2 N–H and O–H groups in total. The lowest BCUT2D eigenvalue weighted by molar-refractivity contribution is 0.0969. The summed E-state index contributed by atoms with van der Waals surface area (Å²) in [5.74, 6) is -1.10. The lowest BCUT2D eigenvalue weighted by Gasteiger charge is -2.43. The van der Waals surface area contributed by atoms with Crippen molar-refractivity contribution >= 4 is 62.6 Å². The van der Waals surface area contributed by atoms with Crippen LogP contribution in [-0.2, 0) is 10.0 Å². The van der Waals surface area contributed by atoms with Crippen LogP contribution in [0.5, 0.6) is 0 Å². The predicted molar refractivity (Wildman–Crippen MR) is 135 cm³/mol. The van der Waals surface area contributed by atoms with Crippen molar-refractivity contribution in [3.05, 3.63) is 76.2 Å². The fraction of sp³-hybridized carbons (Fsp3) is 0.0909. The third-order valence-electron chi connectivity index (χ3n) is 5.46. The molecular formula is C22H17FN4O3S4. The van der Waals surface area contributed by atoms with Crippen LogP contribution >= 0.6 is 35.3 Å². The van der Waals surface area contributed by atoms with E-state index in [1.165, 1.54) is 51.8 Å². The van der Waals surface area contributed by atoms with E-state index in [9.17, 15) is 17.6 Å². The van der Waals surface area contributed by atoms with Crippen molar-refractivity contribution in [3.8, 4) is 10.6 Å². The summed E-state index contributed by atoms with van der Waals surface area (Å²) in [5, 5.41) is 7.37. The predicted octanol–water partition coefficient (Wildman–Crippen LogP) is 4.74. The molecule has 1 atom stereocenters. The molecule has 2 aromatic heterocycles. The first-order chi connectivity index (χ1) is 16.1. The van der Waals surface area contributed by atoms with Crippen molar-refractivity contribution in [3.63, 3.8) is 0 Å². The van der Waals surface area contributed by atoms with Crippen molar-refractivity contribution in [2.45, 2.75) is 15.4 Å². The SMILES string of the molecule is CN1c2ccc(F)cc2C(=O)N(c2ccccc2S(N)(=O)=O)C1c1ccc(-c2csc(S)n2)s1. The maximum absolute atomic E-state index is 14.1. The van der Waals surface area contributed by atoms with Crippen LogP contribution in [0.15, 0.2) is 69.2 Å². The van der Waals surface area contributed by atoms with Crippen molar-refractivity contribution in [1.82, 2.24) is 4.98 Å². The summed E-state index contributed by atoms with van der Waals surface area (Å²) in [4.78, 5) is 22.7. The molecule has 0 radical (unpaired) electrons. The summed E-state index contributed by atoms with van der Waals surface area (Å²) in [6, 6.07) is 13.8. The van der Waals surface area contributed by atoms with Crippen LogP contribution in [-0.4, -0.2) is 26.4 Å². The summed E-state index contributed by atoms with van der Waals surface area (Å²) in [6.07, 6.45) is -0.707. The molecule has 7 nitrogen and oxygen atoms in total. The van der Waals surface area contributed by atoms with Gasteiger partial charge in [0.15, 0.2) is 0 Å². The van der Waals surface area contributed by atoms with Crippen molar-refractivity contribution in [2.75, 3.05) is 16.8 Å². The molecule has 0 fully saturated rings. The second-order valence-corrected chi connectivity index (χ2v) is 11.8. The second kappa shape index (κ2) is 8.47. The fourth-order valence-corrected chi connectivity index (χ4v) is 6.71. The number of benzene rings is 2. The Hall–Kier alpha value is -2.77. The number of para-hydroxylation sites is 1. The summed E-state index contributed by atoms with van der Waals surface area (Å²) in [6.45, 7) is 0. The molecule has 12 heteroatoms. The lowest BCUT2D eigenvalue weighted by atomic mass is 10.0. The second-order valence-electron chi connectivity index (χ2n) is 7.55. The number of carbonyl (C=O) groups is 1. The number of amides is 1. The molecule has 0 spiro atoms. The van der Waals surface area contributed by atoms with Gasteiger partial charge >= 0.3 is 0 Å². The molecule has 0 bridgehead atoms. The number of nitrogens with zero attached hydrogens (tertiary/aromatic N) is 3. The zero-order valence-corrected chi connectivity index (χ0v) is 20.9. The van der Waals surface area contributed by atoms with Gasteiger partial charge in [-0.1, -0.05) is 12.1 Å². The van der Waals surface area contributed by atoms with Gasteiger partial charge < -0.3 is 4.90 Å². The van der Waals surface area contributed by atoms with Gasteiger partial charge in [-0.3, -0.25) is 9.69 Å². The highest BCUT2D eigenvalue weighted by atomic mass is 32.2. The maximum Gasteiger partial charge on any atom is 0.262 e. The van der Waals surface area contributed by atoms with E-state index in [-0.39, 0.29) is 16.1 Å². The van der Waals surface area contributed by atoms with E-state index in [0.717, 1.165) is 21.5 Å². The Morgan fingerprint density at radius 1 is 1.12 bits per heavy atom. The number of carbonyl (C=O) groups excluding carboxylic acids is 1. The molecule has 1 aliphatic rings. The molecule has 5 rings (SSSR count). The van der Waals surface area contributed by atoms with Gasteiger partial charge in [-0.15, -0.1) is 35.3 Å². The Bertz CT molecular complexity index is 1530. The van der Waals surface area contributed by atoms with E-state index in [2.05, 4.69) is 17.6 Å². The van der Waals surface area contributed by atoms with Crippen LogP contribution in [0.2, 0.25) is 0 Å². The molecule has 0 aliphatic carbocycles. The monoisotopic (exact) mass is 532 g/mol. The van der Waals surface area contributed by atoms with E-state index >= 15 is 0 Å². The van der Waals surface area contributed by atoms with Gasteiger partial charge in [0.25, 0.3) is 5.91 Å². The number of hydrogen-bond donors (Lipinski definition) is 2. The molecule has 1 aliphatic heterocycles. The Morgan fingerprint density at radius 2 is 1.88 bits per heavy atom. The largest absolute Gasteiger partial charge is 0.349 e. The Labute approximate surface area is 208 Å². The van der Waals surface area contributed by atoms with Gasteiger partial charge in [0, 0.05) is 17.3 Å². The van der Waals surface area contributed by atoms with Crippen molar-refractivity contribution in [1.29, 1.82) is 0 Å². The first-order valence-corrected chi connectivity index (χ1v) is 13.6. The van der Waals surface area contributed by atoms with Gasteiger partial charge in [-0.25, -0.2) is 22.9 Å². The molecule has 2 aromatic carbocycles.